The molecule has 0 spiro atoms. The van der Waals surface area contributed by atoms with Gasteiger partial charge in [0.25, 0.3) is 5.91 Å². The van der Waals surface area contributed by atoms with Gasteiger partial charge < -0.3 is 10.2 Å². The van der Waals surface area contributed by atoms with Gasteiger partial charge in [-0.15, -0.1) is 0 Å². The molecule has 4 heteroatoms. The van der Waals surface area contributed by atoms with Gasteiger partial charge in [0.05, 0.1) is 0 Å². The zero-order valence-corrected chi connectivity index (χ0v) is 12.7. The molecule has 0 radical (unpaired) electrons. The second-order valence-electron chi connectivity index (χ2n) is 5.84. The van der Waals surface area contributed by atoms with Crippen molar-refractivity contribution in [1.29, 1.82) is 0 Å². The van der Waals surface area contributed by atoms with Gasteiger partial charge in [-0.25, -0.2) is 0 Å². The third-order valence-corrected chi connectivity index (χ3v) is 4.23. The van der Waals surface area contributed by atoms with Gasteiger partial charge in [-0.1, -0.05) is 30.3 Å². The zero-order chi connectivity index (χ0) is 15.5. The fraction of sp³-hybridized carbons (Fsp3) is 0.333. The molecule has 1 atom stereocenters. The number of fused-ring (bicyclic) bond motifs is 1. The molecule has 114 valence electrons. The van der Waals surface area contributed by atoms with Gasteiger partial charge in [-0.2, -0.15) is 0 Å². The van der Waals surface area contributed by atoms with E-state index in [0.717, 1.165) is 30.2 Å². The molecule has 1 N–H and O–H groups in total. The molecular weight excluding hydrogens is 276 g/mol. The highest BCUT2D eigenvalue weighted by atomic mass is 16.2. The van der Waals surface area contributed by atoms with E-state index in [1.54, 1.807) is 11.9 Å². The molecule has 2 aromatic carbocycles. The van der Waals surface area contributed by atoms with Crippen molar-refractivity contribution in [3.63, 3.8) is 0 Å². The van der Waals surface area contributed by atoms with E-state index < -0.39 is 6.04 Å². The number of carbonyl (C=O) groups excluding carboxylic acids is 2. The van der Waals surface area contributed by atoms with E-state index in [2.05, 4.69) is 5.32 Å². The molecule has 0 bridgehead atoms. The summed E-state index contributed by atoms with van der Waals surface area (Å²) in [6, 6.07) is 13.1. The first-order valence-electron chi connectivity index (χ1n) is 7.70. The summed E-state index contributed by atoms with van der Waals surface area (Å²) < 4.78 is 0. The summed E-state index contributed by atoms with van der Waals surface area (Å²) in [6.45, 7) is 0.765. The Bertz CT molecular complexity index is 711. The van der Waals surface area contributed by atoms with Crippen molar-refractivity contribution in [3.05, 3.63) is 48.0 Å². The molecule has 2 amide bonds. The molecule has 1 unspecified atom stereocenters. The number of likely N-dealkylation sites (tertiary alicyclic amines) is 1. The Balaban J connectivity index is 1.78. The second kappa shape index (κ2) is 6.18. The van der Waals surface area contributed by atoms with Crippen LogP contribution in [0.15, 0.2) is 42.5 Å². The molecule has 22 heavy (non-hydrogen) atoms. The van der Waals surface area contributed by atoms with E-state index >= 15 is 0 Å². The summed E-state index contributed by atoms with van der Waals surface area (Å²) in [6.07, 6.45) is 2.66. The van der Waals surface area contributed by atoms with Crippen molar-refractivity contribution < 1.29 is 9.59 Å². The number of rotatable bonds is 2. The highest BCUT2D eigenvalue weighted by Crippen LogP contribution is 2.16. The maximum atomic E-state index is 12.4. The molecule has 3 rings (SSSR count). The molecule has 1 aliphatic rings. The minimum atomic E-state index is -0.411. The molecule has 1 saturated heterocycles. The van der Waals surface area contributed by atoms with Crippen LogP contribution < -0.4 is 5.32 Å². The molecule has 1 heterocycles. The van der Waals surface area contributed by atoms with E-state index in [0.29, 0.717) is 12.0 Å². The minimum Gasteiger partial charge on any atom is -0.344 e. The van der Waals surface area contributed by atoms with Crippen LogP contribution in [0.3, 0.4) is 0 Å². The van der Waals surface area contributed by atoms with Crippen molar-refractivity contribution in [2.75, 3.05) is 13.6 Å². The van der Waals surface area contributed by atoms with Crippen LogP contribution in [0.5, 0.6) is 0 Å². The van der Waals surface area contributed by atoms with E-state index in [9.17, 15) is 9.59 Å². The number of hydrogen-bond donors (Lipinski definition) is 1. The predicted molar refractivity (Wildman–Crippen MR) is 86.7 cm³/mol. The Hall–Kier alpha value is -2.36. The lowest BCUT2D eigenvalue weighted by Crippen LogP contribution is -2.46. The summed E-state index contributed by atoms with van der Waals surface area (Å²) in [5.41, 5.74) is 0.596. The summed E-state index contributed by atoms with van der Waals surface area (Å²) in [7, 11) is 1.79. The number of benzene rings is 2. The van der Waals surface area contributed by atoms with Crippen LogP contribution in [0.2, 0.25) is 0 Å². The van der Waals surface area contributed by atoms with Crippen LogP contribution in [0.4, 0.5) is 0 Å². The Morgan fingerprint density at radius 2 is 1.91 bits per heavy atom. The summed E-state index contributed by atoms with van der Waals surface area (Å²) in [4.78, 5) is 26.4. The van der Waals surface area contributed by atoms with Crippen LogP contribution in [0, 0.1) is 0 Å². The second-order valence-corrected chi connectivity index (χ2v) is 5.84. The molecule has 2 aromatic rings. The minimum absolute atomic E-state index is 0.00615. The van der Waals surface area contributed by atoms with Crippen LogP contribution in [0.25, 0.3) is 10.8 Å². The van der Waals surface area contributed by atoms with Crippen molar-refractivity contribution >= 4 is 22.6 Å². The lowest BCUT2D eigenvalue weighted by Gasteiger charge is -2.20. The highest BCUT2D eigenvalue weighted by molar-refractivity contribution is 6.00. The standard InChI is InChI=1S/C18H20N2O2/c1-20-11-5-4-8-16(18(20)22)19-17(21)15-10-9-13-6-2-3-7-14(13)12-15/h2-3,6-7,9-10,12,16H,4-5,8,11H2,1H3,(H,19,21). The van der Waals surface area contributed by atoms with Gasteiger partial charge in [0.2, 0.25) is 5.91 Å². The largest absolute Gasteiger partial charge is 0.344 e. The van der Waals surface area contributed by atoms with Crippen molar-refractivity contribution in [3.8, 4) is 0 Å². The van der Waals surface area contributed by atoms with Gasteiger partial charge in [0, 0.05) is 19.2 Å². The number of likely N-dealkylation sites (N-methyl/N-ethyl adjacent to an activating group) is 1. The van der Waals surface area contributed by atoms with Crippen molar-refractivity contribution in [2.45, 2.75) is 25.3 Å². The highest BCUT2D eigenvalue weighted by Gasteiger charge is 2.26. The van der Waals surface area contributed by atoms with Gasteiger partial charge in [-0.3, -0.25) is 9.59 Å². The summed E-state index contributed by atoms with van der Waals surface area (Å²) >= 11 is 0. The summed E-state index contributed by atoms with van der Waals surface area (Å²) in [5.74, 6) is -0.175. The van der Waals surface area contributed by atoms with Crippen molar-refractivity contribution in [2.24, 2.45) is 0 Å². The van der Waals surface area contributed by atoms with Crippen LogP contribution >= 0.6 is 0 Å². The zero-order valence-electron chi connectivity index (χ0n) is 12.7. The van der Waals surface area contributed by atoms with Gasteiger partial charge >= 0.3 is 0 Å². The Morgan fingerprint density at radius 3 is 2.73 bits per heavy atom. The van der Waals surface area contributed by atoms with Crippen LogP contribution in [-0.2, 0) is 4.79 Å². The third kappa shape index (κ3) is 2.96. The fourth-order valence-corrected chi connectivity index (χ4v) is 2.90. The average Bonchev–Trinajstić information content (AvgIpc) is 2.70. The number of nitrogens with zero attached hydrogens (tertiary/aromatic N) is 1. The Morgan fingerprint density at radius 1 is 1.14 bits per heavy atom. The lowest BCUT2D eigenvalue weighted by atomic mass is 10.1. The van der Waals surface area contributed by atoms with Crippen molar-refractivity contribution in [1.82, 2.24) is 10.2 Å². The smallest absolute Gasteiger partial charge is 0.251 e. The number of hydrogen-bond acceptors (Lipinski definition) is 2. The Kier molecular flexibility index (Phi) is 4.09. The molecule has 0 aliphatic carbocycles. The number of amides is 2. The third-order valence-electron chi connectivity index (χ3n) is 4.23. The molecule has 4 nitrogen and oxygen atoms in total. The molecule has 1 fully saturated rings. The van der Waals surface area contributed by atoms with E-state index in [1.807, 2.05) is 42.5 Å². The molecule has 1 aliphatic heterocycles. The topological polar surface area (TPSA) is 49.4 Å². The SMILES string of the molecule is CN1CCCCC(NC(=O)c2ccc3ccccc3c2)C1=O. The van der Waals surface area contributed by atoms with Gasteiger partial charge in [-0.05, 0) is 42.2 Å². The molecule has 0 saturated carbocycles. The first-order chi connectivity index (χ1) is 10.6. The van der Waals surface area contributed by atoms with E-state index in [-0.39, 0.29) is 11.8 Å². The van der Waals surface area contributed by atoms with Gasteiger partial charge in [0.1, 0.15) is 6.04 Å². The lowest BCUT2D eigenvalue weighted by molar-refractivity contribution is -0.131. The molecule has 0 aromatic heterocycles. The predicted octanol–water partition coefficient (Wildman–Crippen LogP) is 2.58. The van der Waals surface area contributed by atoms with Crippen LogP contribution in [-0.4, -0.2) is 36.3 Å². The fourth-order valence-electron chi connectivity index (χ4n) is 2.90. The normalized spacial score (nSPS) is 19.0. The monoisotopic (exact) mass is 296 g/mol. The number of nitrogens with one attached hydrogen (secondary N) is 1. The Labute approximate surface area is 130 Å². The molecular formula is C18H20N2O2. The van der Waals surface area contributed by atoms with Crippen LogP contribution in [0.1, 0.15) is 29.6 Å². The van der Waals surface area contributed by atoms with E-state index in [1.165, 1.54) is 0 Å². The van der Waals surface area contributed by atoms with E-state index in [4.69, 9.17) is 0 Å². The number of carbonyl (C=O) groups is 2. The maximum absolute atomic E-state index is 12.4. The maximum Gasteiger partial charge on any atom is 0.251 e. The summed E-state index contributed by atoms with van der Waals surface area (Å²) in [5, 5.41) is 5.02. The average molecular weight is 296 g/mol. The van der Waals surface area contributed by atoms with Gasteiger partial charge in [0.15, 0.2) is 0 Å². The first kappa shape index (κ1) is 14.6. The quantitative estimate of drug-likeness (QED) is 0.926. The first-order valence-corrected chi connectivity index (χ1v) is 7.70.